The molecule has 0 fully saturated rings. The van der Waals surface area contributed by atoms with E-state index >= 15 is 0 Å². The minimum Gasteiger partial charge on any atom is -0.478 e. The fourth-order valence-corrected chi connectivity index (χ4v) is 0.642. The molecule has 0 aromatic carbocycles. The molecule has 0 atom stereocenters. The normalized spacial score (nSPS) is 10.3. The van der Waals surface area contributed by atoms with E-state index in [0.717, 1.165) is 0 Å². The Balaban J connectivity index is 4.49. The number of carbonyl (C=O) groups is 2. The third-order valence-electron chi connectivity index (χ3n) is 0.621. The van der Waals surface area contributed by atoms with E-state index < -0.39 is 16.8 Å². The second-order valence-corrected chi connectivity index (χ2v) is 2.17. The fraction of sp³-hybridized carbons (Fsp3) is 0. The van der Waals surface area contributed by atoms with Crippen LogP contribution in [0.1, 0.15) is 0 Å². The first kappa shape index (κ1) is 9.52. The average Bonchev–Trinajstić information content (AvgIpc) is 1.86. The van der Waals surface area contributed by atoms with E-state index in [4.69, 9.17) is 15.5 Å². The van der Waals surface area contributed by atoms with Crippen molar-refractivity contribution in [2.24, 2.45) is 0 Å². The van der Waals surface area contributed by atoms with Crippen molar-refractivity contribution in [3.63, 3.8) is 0 Å². The first-order valence-corrected chi connectivity index (χ1v) is 3.13. The number of hydrogen-bond donors (Lipinski definition) is 2. The number of thioether (sulfide) groups is 1. The summed E-state index contributed by atoms with van der Waals surface area (Å²) < 4.78 is 0. The molecule has 6 heteroatoms. The van der Waals surface area contributed by atoms with Crippen LogP contribution < -0.4 is 0 Å². The third-order valence-corrected chi connectivity index (χ3v) is 1.22. The van der Waals surface area contributed by atoms with Crippen LogP contribution in [0.3, 0.4) is 0 Å². The molecule has 0 spiro atoms. The van der Waals surface area contributed by atoms with E-state index in [-0.39, 0.29) is 0 Å². The van der Waals surface area contributed by atoms with E-state index in [1.165, 1.54) is 5.40 Å². The largest absolute Gasteiger partial charge is 0.478 e. The van der Waals surface area contributed by atoms with E-state index in [0.29, 0.717) is 17.8 Å². The summed E-state index contributed by atoms with van der Waals surface area (Å²) in [4.78, 5) is 19.5. The van der Waals surface area contributed by atoms with Gasteiger partial charge in [-0.05, 0) is 11.8 Å². The highest BCUT2D eigenvalue weighted by atomic mass is 32.2. The van der Waals surface area contributed by atoms with Crippen LogP contribution in [-0.2, 0) is 9.59 Å². The summed E-state index contributed by atoms with van der Waals surface area (Å²) in [5, 5.41) is 25.8. The van der Waals surface area contributed by atoms with Crippen molar-refractivity contribution in [3.8, 4) is 5.40 Å². The van der Waals surface area contributed by atoms with Gasteiger partial charge in [-0.15, -0.1) is 0 Å². The summed E-state index contributed by atoms with van der Waals surface area (Å²) in [6.45, 7) is 0. The van der Waals surface area contributed by atoms with Crippen LogP contribution in [0.15, 0.2) is 11.0 Å². The number of nitriles is 1. The van der Waals surface area contributed by atoms with Gasteiger partial charge in [-0.2, -0.15) is 5.26 Å². The number of hydrogen-bond acceptors (Lipinski definition) is 4. The Bertz CT molecular complexity index is 252. The van der Waals surface area contributed by atoms with Crippen LogP contribution in [0.2, 0.25) is 0 Å². The molecule has 0 aliphatic carbocycles. The fourth-order valence-electron chi connectivity index (χ4n) is 0.296. The van der Waals surface area contributed by atoms with Crippen molar-refractivity contribution in [1.29, 1.82) is 5.26 Å². The van der Waals surface area contributed by atoms with E-state index in [1.54, 1.807) is 0 Å². The van der Waals surface area contributed by atoms with Crippen molar-refractivity contribution < 1.29 is 19.8 Å². The monoisotopic (exact) mass is 173 g/mol. The second kappa shape index (κ2) is 4.35. The average molecular weight is 173 g/mol. The van der Waals surface area contributed by atoms with Gasteiger partial charge in [0.15, 0.2) is 0 Å². The molecule has 0 amide bonds. The van der Waals surface area contributed by atoms with Crippen LogP contribution in [0.25, 0.3) is 0 Å². The van der Waals surface area contributed by atoms with E-state index in [1.807, 2.05) is 0 Å². The zero-order valence-corrected chi connectivity index (χ0v) is 5.96. The first-order chi connectivity index (χ1) is 5.07. The lowest BCUT2D eigenvalue weighted by atomic mass is 10.5. The Hall–Kier alpha value is -1.48. The highest BCUT2D eigenvalue weighted by Crippen LogP contribution is 2.12. The lowest BCUT2D eigenvalue weighted by Crippen LogP contribution is -1.99. The summed E-state index contributed by atoms with van der Waals surface area (Å²) in [6.07, 6.45) is 0.468. The van der Waals surface area contributed by atoms with Gasteiger partial charge in [0.2, 0.25) is 0 Å². The van der Waals surface area contributed by atoms with Crippen molar-refractivity contribution in [2.75, 3.05) is 0 Å². The number of thiocyanates is 1. The Morgan fingerprint density at radius 2 is 2.00 bits per heavy atom. The molecule has 0 saturated heterocycles. The van der Waals surface area contributed by atoms with Gasteiger partial charge in [0.05, 0.1) is 0 Å². The van der Waals surface area contributed by atoms with Crippen LogP contribution in [0.5, 0.6) is 0 Å². The smallest absolute Gasteiger partial charge is 0.343 e. The standard InChI is InChI=1S/C5H3NO4S/c6-2-11-3(5(9)10)1-4(7)8/h1H,(H,7,8)(H,9,10)/b3-1-. The minimum atomic E-state index is -1.42. The molecule has 0 unspecified atom stereocenters. The molecule has 0 aromatic heterocycles. The molecule has 5 nitrogen and oxygen atoms in total. The van der Waals surface area contributed by atoms with Gasteiger partial charge in [0.1, 0.15) is 10.3 Å². The predicted octanol–water partition coefficient (Wildman–Crippen LogP) is 0.254. The SMILES string of the molecule is N#CS/C(=C\C(=O)O)C(=O)O. The minimum absolute atomic E-state index is 0.299. The molecule has 11 heavy (non-hydrogen) atoms. The summed E-state index contributed by atoms with van der Waals surface area (Å²) in [6, 6.07) is 0. The quantitative estimate of drug-likeness (QED) is 0.469. The maximum Gasteiger partial charge on any atom is 0.343 e. The maximum atomic E-state index is 10.1. The summed E-state index contributed by atoms with van der Waals surface area (Å²) in [7, 11) is 0. The molecule has 2 N–H and O–H groups in total. The molecule has 0 bridgehead atoms. The van der Waals surface area contributed by atoms with Crippen molar-refractivity contribution in [3.05, 3.63) is 11.0 Å². The van der Waals surface area contributed by atoms with E-state index in [2.05, 4.69) is 0 Å². The number of carboxylic acid groups (broad SMARTS) is 2. The number of aliphatic carboxylic acids is 2. The summed E-state index contributed by atoms with van der Waals surface area (Å²) in [5.41, 5.74) is 0. The molecule has 0 aliphatic rings. The lowest BCUT2D eigenvalue weighted by molar-refractivity contribution is -0.134. The topological polar surface area (TPSA) is 98.4 Å². The second-order valence-electron chi connectivity index (χ2n) is 1.35. The van der Waals surface area contributed by atoms with Gasteiger partial charge in [0, 0.05) is 6.08 Å². The zero-order chi connectivity index (χ0) is 8.85. The van der Waals surface area contributed by atoms with Crippen LogP contribution in [-0.4, -0.2) is 22.2 Å². The summed E-state index contributed by atoms with van der Waals surface area (Å²) >= 11 is 0.299. The van der Waals surface area contributed by atoms with Crippen molar-refractivity contribution >= 4 is 23.7 Å². The molecule has 0 rings (SSSR count). The molecule has 0 heterocycles. The predicted molar refractivity (Wildman–Crippen MR) is 36.6 cm³/mol. The van der Waals surface area contributed by atoms with Crippen LogP contribution >= 0.6 is 11.8 Å². The van der Waals surface area contributed by atoms with Crippen molar-refractivity contribution in [2.45, 2.75) is 0 Å². The highest BCUT2D eigenvalue weighted by Gasteiger charge is 2.09. The Labute approximate surface area is 65.9 Å². The number of nitrogens with zero attached hydrogens (tertiary/aromatic N) is 1. The van der Waals surface area contributed by atoms with Crippen molar-refractivity contribution in [1.82, 2.24) is 0 Å². The molecule has 0 aliphatic heterocycles. The maximum absolute atomic E-state index is 10.1. The van der Waals surface area contributed by atoms with Gasteiger partial charge in [-0.25, -0.2) is 9.59 Å². The van der Waals surface area contributed by atoms with Gasteiger partial charge >= 0.3 is 11.9 Å². The summed E-state index contributed by atoms with van der Waals surface area (Å²) in [5.74, 6) is -2.80. The Morgan fingerprint density at radius 3 is 2.27 bits per heavy atom. The van der Waals surface area contributed by atoms with Crippen LogP contribution in [0.4, 0.5) is 0 Å². The third kappa shape index (κ3) is 4.00. The number of carboxylic acids is 2. The molecule has 0 saturated carbocycles. The molecular formula is C5H3NO4S. The van der Waals surface area contributed by atoms with Gasteiger partial charge in [-0.3, -0.25) is 0 Å². The molecular weight excluding hydrogens is 170 g/mol. The molecule has 0 aromatic rings. The zero-order valence-electron chi connectivity index (χ0n) is 5.14. The van der Waals surface area contributed by atoms with Gasteiger partial charge in [0.25, 0.3) is 0 Å². The van der Waals surface area contributed by atoms with Gasteiger partial charge < -0.3 is 10.2 Å². The van der Waals surface area contributed by atoms with E-state index in [9.17, 15) is 9.59 Å². The molecule has 58 valence electrons. The molecule has 0 radical (unpaired) electrons. The lowest BCUT2D eigenvalue weighted by Gasteiger charge is -1.89. The number of rotatable bonds is 3. The Morgan fingerprint density at radius 1 is 1.45 bits per heavy atom. The first-order valence-electron chi connectivity index (χ1n) is 2.31. The van der Waals surface area contributed by atoms with Crippen LogP contribution in [0, 0.1) is 10.7 Å². The van der Waals surface area contributed by atoms with Gasteiger partial charge in [-0.1, -0.05) is 0 Å². The Kier molecular flexibility index (Phi) is 3.77. The highest BCUT2D eigenvalue weighted by molar-refractivity contribution is 8.08.